The van der Waals surface area contributed by atoms with Crippen LogP contribution in [0.4, 0.5) is 13.2 Å². The van der Waals surface area contributed by atoms with Gasteiger partial charge in [0.25, 0.3) is 0 Å². The Morgan fingerprint density at radius 1 is 0.525 bits per heavy atom. The molecule has 324 valence electrons. The van der Waals surface area contributed by atoms with Gasteiger partial charge in [0, 0.05) is 38.6 Å². The average Bonchev–Trinajstić information content (AvgIpc) is 3.23. The second kappa shape index (κ2) is 25.7. The Bertz CT molecular complexity index is 1890. The number of hydrogen-bond donors (Lipinski definition) is 0. The lowest BCUT2D eigenvalue weighted by molar-refractivity contribution is -0.137. The lowest BCUT2D eigenvalue weighted by Gasteiger charge is -2.22. The molecule has 0 radical (unpaired) electrons. The van der Waals surface area contributed by atoms with Crippen molar-refractivity contribution in [3.05, 3.63) is 90.1 Å². The van der Waals surface area contributed by atoms with Gasteiger partial charge < -0.3 is 37.9 Å². The number of halogens is 3. The number of benzene rings is 2. The van der Waals surface area contributed by atoms with Gasteiger partial charge in [0.2, 0.25) is 10.0 Å². The second-order valence-electron chi connectivity index (χ2n) is 13.0. The molecule has 0 atom stereocenters. The number of sulfonamides is 1. The highest BCUT2D eigenvalue weighted by Gasteiger charge is 2.30. The van der Waals surface area contributed by atoms with Crippen molar-refractivity contribution in [1.29, 1.82) is 0 Å². The molecular weight excluding hydrogens is 796 g/mol. The minimum absolute atomic E-state index is 0.0640. The molecule has 0 unspecified atom stereocenters. The van der Waals surface area contributed by atoms with E-state index in [1.807, 2.05) is 0 Å². The largest absolute Gasteiger partial charge is 0.416 e. The summed E-state index contributed by atoms with van der Waals surface area (Å²) in [5.41, 5.74) is 3.28. The fourth-order valence-corrected chi connectivity index (χ4v) is 7.03. The van der Waals surface area contributed by atoms with E-state index in [-0.39, 0.29) is 44.4 Å². The number of methoxy groups -OCH3 is 2. The fraction of sp³-hybridized carbons (Fsp3) is 0.476. The summed E-state index contributed by atoms with van der Waals surface area (Å²) >= 11 is 0. The van der Waals surface area contributed by atoms with E-state index in [1.54, 1.807) is 69.7 Å². The van der Waals surface area contributed by atoms with E-state index < -0.39 is 21.8 Å². The van der Waals surface area contributed by atoms with E-state index in [1.165, 1.54) is 22.5 Å². The third-order valence-electron chi connectivity index (χ3n) is 8.60. The number of rotatable bonds is 29. The Morgan fingerprint density at radius 2 is 1.02 bits per heavy atom. The molecule has 0 aliphatic carbocycles. The minimum Gasteiger partial charge on any atom is -0.382 e. The molecule has 4 rings (SSSR count). The van der Waals surface area contributed by atoms with Crippen molar-refractivity contribution in [3.8, 4) is 33.8 Å². The first-order chi connectivity index (χ1) is 28.5. The van der Waals surface area contributed by atoms with E-state index >= 15 is 0 Å². The van der Waals surface area contributed by atoms with E-state index in [0.717, 1.165) is 12.1 Å². The summed E-state index contributed by atoms with van der Waals surface area (Å²) in [6.45, 7) is 7.00. The number of alkyl halides is 3. The molecular formula is C42H54F3N3O10S. The van der Waals surface area contributed by atoms with E-state index in [9.17, 15) is 21.6 Å². The maximum Gasteiger partial charge on any atom is 0.416 e. The lowest BCUT2D eigenvalue weighted by atomic mass is 10.0. The van der Waals surface area contributed by atoms with Crippen LogP contribution in [0.15, 0.2) is 83.8 Å². The molecule has 4 aromatic rings. The van der Waals surface area contributed by atoms with Crippen molar-refractivity contribution in [2.75, 3.05) is 120 Å². The SMILES string of the molecule is COCCOCCOCCOCCN(CCOCCOCCOCCOC)S(=O)(=O)c1cccc(-c2cccc(-c3cc(-c4ccc(C(F)(F)F)cc4)cc(C)n3)n2)c1. The predicted octanol–water partition coefficient (Wildman–Crippen LogP) is 6.19. The lowest BCUT2D eigenvalue weighted by Crippen LogP contribution is -2.37. The van der Waals surface area contributed by atoms with Crippen LogP contribution in [0.3, 0.4) is 0 Å². The molecule has 0 saturated carbocycles. The molecule has 17 heteroatoms. The second-order valence-corrected chi connectivity index (χ2v) is 14.9. The third-order valence-corrected chi connectivity index (χ3v) is 10.5. The molecule has 0 saturated heterocycles. The smallest absolute Gasteiger partial charge is 0.382 e. The quantitative estimate of drug-likeness (QED) is 0.0577. The van der Waals surface area contributed by atoms with Gasteiger partial charge in [-0.15, -0.1) is 0 Å². The number of ether oxygens (including phenoxy) is 8. The zero-order valence-corrected chi connectivity index (χ0v) is 34.6. The Labute approximate surface area is 344 Å². The summed E-state index contributed by atoms with van der Waals surface area (Å²) in [7, 11) is -0.819. The molecule has 59 heavy (non-hydrogen) atoms. The molecule has 13 nitrogen and oxygen atoms in total. The summed E-state index contributed by atoms with van der Waals surface area (Å²) in [5.74, 6) is 0. The number of aryl methyl sites for hydroxylation is 1. The predicted molar refractivity (Wildman–Crippen MR) is 216 cm³/mol. The van der Waals surface area contributed by atoms with Crippen molar-refractivity contribution in [2.24, 2.45) is 0 Å². The van der Waals surface area contributed by atoms with Crippen molar-refractivity contribution in [3.63, 3.8) is 0 Å². The van der Waals surface area contributed by atoms with E-state index in [4.69, 9.17) is 42.9 Å². The van der Waals surface area contributed by atoms with E-state index in [2.05, 4.69) is 4.98 Å². The summed E-state index contributed by atoms with van der Waals surface area (Å²) in [6, 6.07) is 20.3. The maximum atomic E-state index is 14.1. The van der Waals surface area contributed by atoms with Crippen LogP contribution >= 0.6 is 0 Å². The van der Waals surface area contributed by atoms with Gasteiger partial charge in [0.1, 0.15) is 0 Å². The van der Waals surface area contributed by atoms with Crippen molar-refractivity contribution >= 4 is 10.0 Å². The number of aromatic nitrogens is 2. The van der Waals surface area contributed by atoms with Crippen molar-refractivity contribution in [1.82, 2.24) is 14.3 Å². The molecule has 0 bridgehead atoms. The van der Waals surface area contributed by atoms with Gasteiger partial charge in [-0.1, -0.05) is 30.3 Å². The van der Waals surface area contributed by atoms with Gasteiger partial charge in [-0.3, -0.25) is 4.98 Å². The van der Waals surface area contributed by atoms with Crippen molar-refractivity contribution in [2.45, 2.75) is 18.0 Å². The molecule has 0 aliphatic rings. The molecule has 2 aromatic heterocycles. The molecule has 0 fully saturated rings. The maximum absolute atomic E-state index is 14.1. The minimum atomic E-state index is -4.44. The highest BCUT2D eigenvalue weighted by atomic mass is 32.2. The van der Waals surface area contributed by atoms with Crippen LogP contribution in [0.5, 0.6) is 0 Å². The van der Waals surface area contributed by atoms with Crippen LogP contribution in [-0.4, -0.2) is 142 Å². The molecule has 2 heterocycles. The van der Waals surface area contributed by atoms with Crippen molar-refractivity contribution < 1.29 is 59.5 Å². The van der Waals surface area contributed by atoms with Crippen LogP contribution in [0.2, 0.25) is 0 Å². The topological polar surface area (TPSA) is 137 Å². The van der Waals surface area contributed by atoms with E-state index in [0.29, 0.717) is 106 Å². The molecule has 0 N–H and O–H groups in total. The van der Waals surface area contributed by atoms with Gasteiger partial charge in [0.15, 0.2) is 0 Å². The summed E-state index contributed by atoms with van der Waals surface area (Å²) in [6.07, 6.45) is -4.44. The van der Waals surface area contributed by atoms with Crippen LogP contribution in [0.1, 0.15) is 11.3 Å². The van der Waals surface area contributed by atoms with Gasteiger partial charge >= 0.3 is 6.18 Å². The Morgan fingerprint density at radius 3 is 1.54 bits per heavy atom. The Balaban J connectivity index is 1.43. The fourth-order valence-electron chi connectivity index (χ4n) is 5.57. The summed E-state index contributed by atoms with van der Waals surface area (Å²) in [4.78, 5) is 9.51. The van der Waals surface area contributed by atoms with Gasteiger partial charge in [-0.25, -0.2) is 13.4 Å². The average molecular weight is 850 g/mol. The Hall–Kier alpha value is -3.88. The van der Waals surface area contributed by atoms with Crippen LogP contribution in [-0.2, 0) is 54.1 Å². The molecule has 2 aromatic carbocycles. The first-order valence-electron chi connectivity index (χ1n) is 19.2. The first kappa shape index (κ1) is 47.8. The van der Waals surface area contributed by atoms with Gasteiger partial charge in [-0.05, 0) is 66.6 Å². The molecule has 0 aliphatic heterocycles. The molecule has 0 spiro atoms. The first-order valence-corrected chi connectivity index (χ1v) is 20.7. The standard InChI is InChI=1S/C42H54F3N3O10S/c1-33-30-36(34-10-12-37(13-11-34)42(43,44)45)32-41(46-33)40-9-5-8-39(47-40)35-6-4-7-38(31-35)59(49,50)48(14-16-53-22-24-57-28-26-55-20-18-51-2)15-17-54-23-25-58-29-27-56-21-19-52-3/h4-13,30-32H,14-29H2,1-3H3. The normalized spacial score (nSPS) is 12.1. The third kappa shape index (κ3) is 16.6. The zero-order valence-electron chi connectivity index (χ0n) is 33.8. The van der Waals surface area contributed by atoms with Crippen LogP contribution in [0.25, 0.3) is 33.8 Å². The highest BCUT2D eigenvalue weighted by molar-refractivity contribution is 7.89. The van der Waals surface area contributed by atoms with Gasteiger partial charge in [-0.2, -0.15) is 17.5 Å². The Kier molecular flexibility index (Phi) is 20.8. The summed E-state index contributed by atoms with van der Waals surface area (Å²) < 4.78 is 112. The number of hydrogen-bond acceptors (Lipinski definition) is 12. The summed E-state index contributed by atoms with van der Waals surface area (Å²) in [5, 5.41) is 0. The monoisotopic (exact) mass is 849 g/mol. The zero-order chi connectivity index (χ0) is 42.4. The van der Waals surface area contributed by atoms with Gasteiger partial charge in [0.05, 0.1) is 120 Å². The number of pyridine rings is 2. The van der Waals surface area contributed by atoms with Crippen LogP contribution < -0.4 is 0 Å². The highest BCUT2D eigenvalue weighted by Crippen LogP contribution is 2.32. The van der Waals surface area contributed by atoms with Crippen LogP contribution in [0, 0.1) is 6.92 Å². The molecule has 0 amide bonds. The number of nitrogens with zero attached hydrogens (tertiary/aromatic N) is 3.